The van der Waals surface area contributed by atoms with E-state index in [0.717, 1.165) is 0 Å². The Balaban J connectivity index is 1.40. The maximum absolute atomic E-state index is 2.19. The standard InChI is InChI=1S/C26H20N2/c1-3-7-25(8-4-1)27-17-15-23(19-27)21-11-13-22(14-12-21)24-16-18-28(20-24)26-9-5-2-6-10-26/h1-20H. The van der Waals surface area contributed by atoms with Gasteiger partial charge < -0.3 is 9.13 Å². The van der Waals surface area contributed by atoms with Crippen molar-refractivity contribution in [2.24, 2.45) is 0 Å². The van der Waals surface area contributed by atoms with E-state index in [2.05, 4.69) is 119 Å². The maximum atomic E-state index is 2.19. The Hall–Kier alpha value is -3.78. The van der Waals surface area contributed by atoms with Crippen LogP contribution in [0.2, 0.25) is 0 Å². The summed E-state index contributed by atoms with van der Waals surface area (Å²) in [5.74, 6) is 0. The third kappa shape index (κ3) is 3.17. The lowest BCUT2D eigenvalue weighted by atomic mass is 10.0. The van der Waals surface area contributed by atoms with Gasteiger partial charge in [0.1, 0.15) is 0 Å². The van der Waals surface area contributed by atoms with E-state index in [1.807, 2.05) is 12.1 Å². The molecule has 0 saturated heterocycles. The molecule has 0 unspecified atom stereocenters. The van der Waals surface area contributed by atoms with Crippen LogP contribution in [0.3, 0.4) is 0 Å². The molecule has 2 heteroatoms. The molecule has 0 N–H and O–H groups in total. The van der Waals surface area contributed by atoms with E-state index in [4.69, 9.17) is 0 Å². The first kappa shape index (κ1) is 16.4. The smallest absolute Gasteiger partial charge is 0.0449 e. The van der Waals surface area contributed by atoms with E-state index < -0.39 is 0 Å². The predicted octanol–water partition coefficient (Wildman–Crippen LogP) is 6.60. The molecule has 0 spiro atoms. The topological polar surface area (TPSA) is 9.86 Å². The van der Waals surface area contributed by atoms with Crippen LogP contribution in [-0.2, 0) is 0 Å². The van der Waals surface area contributed by atoms with Gasteiger partial charge in [-0.05, 0) is 58.7 Å². The number of aromatic nitrogens is 2. The summed E-state index contributed by atoms with van der Waals surface area (Å²) in [6, 6.07) is 33.9. The highest BCUT2D eigenvalue weighted by atomic mass is 14.9. The minimum atomic E-state index is 1.17. The van der Waals surface area contributed by atoms with Gasteiger partial charge in [0, 0.05) is 36.2 Å². The van der Waals surface area contributed by atoms with Gasteiger partial charge in [0.25, 0.3) is 0 Å². The van der Waals surface area contributed by atoms with Crippen LogP contribution >= 0.6 is 0 Å². The molecule has 0 radical (unpaired) electrons. The molecule has 28 heavy (non-hydrogen) atoms. The van der Waals surface area contributed by atoms with Crippen LogP contribution < -0.4 is 0 Å². The van der Waals surface area contributed by atoms with Gasteiger partial charge in [-0.25, -0.2) is 0 Å². The van der Waals surface area contributed by atoms with Crippen molar-refractivity contribution < 1.29 is 0 Å². The highest BCUT2D eigenvalue weighted by Gasteiger charge is 2.05. The quantitative estimate of drug-likeness (QED) is 0.342. The van der Waals surface area contributed by atoms with Crippen molar-refractivity contribution in [1.29, 1.82) is 0 Å². The molecule has 3 aromatic carbocycles. The predicted molar refractivity (Wildman–Crippen MR) is 116 cm³/mol. The molecule has 2 aromatic heterocycles. The number of para-hydroxylation sites is 2. The lowest BCUT2D eigenvalue weighted by Gasteiger charge is -2.04. The van der Waals surface area contributed by atoms with Crippen molar-refractivity contribution in [3.05, 3.63) is 122 Å². The summed E-state index contributed by atoms with van der Waals surface area (Å²) in [4.78, 5) is 0. The Morgan fingerprint density at radius 3 is 1.14 bits per heavy atom. The molecule has 2 nitrogen and oxygen atoms in total. The van der Waals surface area contributed by atoms with E-state index in [1.54, 1.807) is 0 Å². The Morgan fingerprint density at radius 2 is 0.750 bits per heavy atom. The van der Waals surface area contributed by atoms with Crippen LogP contribution in [0.1, 0.15) is 0 Å². The molecule has 0 fully saturated rings. The molecule has 5 aromatic rings. The van der Waals surface area contributed by atoms with E-state index in [0.29, 0.717) is 0 Å². The van der Waals surface area contributed by atoms with Crippen LogP contribution in [0.25, 0.3) is 33.6 Å². The monoisotopic (exact) mass is 360 g/mol. The van der Waals surface area contributed by atoms with Gasteiger partial charge in [0.05, 0.1) is 0 Å². The number of nitrogens with zero attached hydrogens (tertiary/aromatic N) is 2. The van der Waals surface area contributed by atoms with Crippen molar-refractivity contribution in [3.63, 3.8) is 0 Å². The molecule has 0 aliphatic heterocycles. The second kappa shape index (κ2) is 7.09. The molecule has 0 amide bonds. The van der Waals surface area contributed by atoms with Gasteiger partial charge in [-0.1, -0.05) is 60.7 Å². The second-order valence-corrected chi connectivity index (χ2v) is 6.86. The van der Waals surface area contributed by atoms with Crippen molar-refractivity contribution in [1.82, 2.24) is 9.13 Å². The molecule has 0 atom stereocenters. The first-order valence-electron chi connectivity index (χ1n) is 9.44. The summed E-state index contributed by atoms with van der Waals surface area (Å²) >= 11 is 0. The van der Waals surface area contributed by atoms with Crippen molar-refractivity contribution in [2.75, 3.05) is 0 Å². The molecule has 2 heterocycles. The van der Waals surface area contributed by atoms with E-state index in [9.17, 15) is 0 Å². The second-order valence-electron chi connectivity index (χ2n) is 6.86. The maximum Gasteiger partial charge on any atom is 0.0449 e. The van der Waals surface area contributed by atoms with Gasteiger partial charge in [0.2, 0.25) is 0 Å². The molecular formula is C26H20N2. The van der Waals surface area contributed by atoms with Crippen LogP contribution in [0.5, 0.6) is 0 Å². The summed E-state index contributed by atoms with van der Waals surface area (Å²) in [6.45, 7) is 0. The fraction of sp³-hybridized carbons (Fsp3) is 0. The molecule has 134 valence electrons. The third-order valence-electron chi connectivity index (χ3n) is 5.05. The summed E-state index contributed by atoms with van der Waals surface area (Å²) in [5.41, 5.74) is 7.23. The van der Waals surface area contributed by atoms with Gasteiger partial charge >= 0.3 is 0 Å². The summed E-state index contributed by atoms with van der Waals surface area (Å²) in [5, 5.41) is 0. The number of hydrogen-bond donors (Lipinski definition) is 0. The fourth-order valence-electron chi connectivity index (χ4n) is 3.51. The van der Waals surface area contributed by atoms with Crippen LogP contribution in [0, 0.1) is 0 Å². The molecule has 0 saturated carbocycles. The highest BCUT2D eigenvalue weighted by molar-refractivity contribution is 5.70. The average molecular weight is 360 g/mol. The van der Waals surface area contributed by atoms with Gasteiger partial charge in [-0.3, -0.25) is 0 Å². The van der Waals surface area contributed by atoms with E-state index in [-0.39, 0.29) is 0 Å². The zero-order chi connectivity index (χ0) is 18.8. The highest BCUT2D eigenvalue weighted by Crippen LogP contribution is 2.27. The summed E-state index contributed by atoms with van der Waals surface area (Å²) in [6.07, 6.45) is 8.57. The summed E-state index contributed by atoms with van der Waals surface area (Å²) in [7, 11) is 0. The minimum absolute atomic E-state index is 1.17. The zero-order valence-corrected chi connectivity index (χ0v) is 15.4. The Bertz CT molecular complexity index is 1080. The number of rotatable bonds is 4. The summed E-state index contributed by atoms with van der Waals surface area (Å²) < 4.78 is 4.31. The van der Waals surface area contributed by atoms with Crippen LogP contribution in [-0.4, -0.2) is 9.13 Å². The first-order valence-corrected chi connectivity index (χ1v) is 9.44. The third-order valence-corrected chi connectivity index (χ3v) is 5.05. The lowest BCUT2D eigenvalue weighted by Crippen LogP contribution is -1.88. The van der Waals surface area contributed by atoms with Gasteiger partial charge in [0.15, 0.2) is 0 Å². The SMILES string of the molecule is c1ccc(-n2ccc(-c3ccc(-c4ccn(-c5ccccc5)c4)cc3)c2)cc1. The van der Waals surface area contributed by atoms with Crippen molar-refractivity contribution in [2.45, 2.75) is 0 Å². The molecule has 5 rings (SSSR count). The van der Waals surface area contributed by atoms with Crippen molar-refractivity contribution >= 4 is 0 Å². The molecule has 0 aliphatic rings. The minimum Gasteiger partial charge on any atom is -0.323 e. The number of hydrogen-bond acceptors (Lipinski definition) is 0. The normalized spacial score (nSPS) is 10.9. The molecule has 0 aliphatic carbocycles. The van der Waals surface area contributed by atoms with Gasteiger partial charge in [-0.2, -0.15) is 0 Å². The fourth-order valence-corrected chi connectivity index (χ4v) is 3.51. The first-order chi connectivity index (χ1) is 13.9. The average Bonchev–Trinajstić information content (AvgIpc) is 3.46. The molecule has 0 bridgehead atoms. The Morgan fingerprint density at radius 1 is 0.357 bits per heavy atom. The number of benzene rings is 3. The molecular weight excluding hydrogens is 340 g/mol. The largest absolute Gasteiger partial charge is 0.323 e. The van der Waals surface area contributed by atoms with E-state index >= 15 is 0 Å². The lowest BCUT2D eigenvalue weighted by molar-refractivity contribution is 1.08. The zero-order valence-electron chi connectivity index (χ0n) is 15.4. The van der Waals surface area contributed by atoms with E-state index in [1.165, 1.54) is 33.6 Å². The van der Waals surface area contributed by atoms with Crippen LogP contribution in [0.4, 0.5) is 0 Å². The van der Waals surface area contributed by atoms with Crippen LogP contribution in [0.15, 0.2) is 122 Å². The Labute approximate surface area is 164 Å². The Kier molecular flexibility index (Phi) is 4.15. The van der Waals surface area contributed by atoms with Gasteiger partial charge in [-0.15, -0.1) is 0 Å². The van der Waals surface area contributed by atoms with Crippen molar-refractivity contribution in [3.8, 4) is 33.6 Å².